The first kappa shape index (κ1) is 28.0. The minimum atomic E-state index is 0.392. The fraction of sp³-hybridized carbons (Fsp3) is 0.250. The summed E-state index contributed by atoms with van der Waals surface area (Å²) < 4.78 is 0. The van der Waals surface area contributed by atoms with Gasteiger partial charge in [0, 0.05) is 16.5 Å². The molecule has 0 heterocycles. The SMILES string of the molecule is Cc1cccc(C(C)C)c1N=C1C(=Nc2c(C)cccc2C(C)C)c2cccc3cccc1c23.[Br][Ni][Br]. The van der Waals surface area contributed by atoms with Crippen molar-refractivity contribution in [3.8, 4) is 0 Å². The molecule has 0 saturated carbocycles. The Bertz CT molecular complexity index is 1390. The molecule has 4 aromatic rings. The second kappa shape index (κ2) is 12.2. The minimum absolute atomic E-state index is 0.392. The Morgan fingerprint density at radius 2 is 0.973 bits per heavy atom. The van der Waals surface area contributed by atoms with Crippen LogP contribution in [0.4, 0.5) is 11.4 Å². The molecular formula is C32H32Br2N2Ni. The summed E-state index contributed by atoms with van der Waals surface area (Å²) in [4.78, 5) is 10.8. The second-order valence-corrected chi connectivity index (χ2v) is 15.0. The first-order chi connectivity index (χ1) is 17.8. The molecule has 0 fully saturated rings. The van der Waals surface area contributed by atoms with Crippen LogP contribution in [0.3, 0.4) is 0 Å². The zero-order valence-corrected chi connectivity index (χ0v) is 26.2. The topological polar surface area (TPSA) is 24.7 Å². The molecule has 0 aromatic heterocycles. The van der Waals surface area contributed by atoms with Crippen LogP contribution in [-0.4, -0.2) is 11.4 Å². The fourth-order valence-electron chi connectivity index (χ4n) is 5.04. The number of aryl methyl sites for hydroxylation is 2. The van der Waals surface area contributed by atoms with E-state index >= 15 is 0 Å². The summed E-state index contributed by atoms with van der Waals surface area (Å²) in [5, 5.41) is 2.48. The van der Waals surface area contributed by atoms with Gasteiger partial charge in [-0.1, -0.05) is 100 Å². The van der Waals surface area contributed by atoms with Gasteiger partial charge in [0.25, 0.3) is 0 Å². The van der Waals surface area contributed by atoms with Crippen molar-refractivity contribution < 1.29 is 10.9 Å². The van der Waals surface area contributed by atoms with E-state index in [4.69, 9.17) is 9.98 Å². The predicted octanol–water partition coefficient (Wildman–Crippen LogP) is 10.6. The number of para-hydroxylation sites is 2. The molecule has 0 radical (unpaired) electrons. The second-order valence-electron chi connectivity index (χ2n) is 10.0. The van der Waals surface area contributed by atoms with Gasteiger partial charge in [0.1, 0.15) is 0 Å². The molecule has 0 bridgehead atoms. The fourth-order valence-corrected chi connectivity index (χ4v) is 5.04. The van der Waals surface area contributed by atoms with Gasteiger partial charge >= 0.3 is 39.3 Å². The third kappa shape index (κ3) is 5.70. The summed E-state index contributed by atoms with van der Waals surface area (Å²) in [6, 6.07) is 26.0. The summed E-state index contributed by atoms with van der Waals surface area (Å²) in [6.07, 6.45) is 0. The van der Waals surface area contributed by atoms with Gasteiger partial charge in [-0.2, -0.15) is 0 Å². The molecular weight excluding hydrogens is 631 g/mol. The number of benzene rings is 4. The van der Waals surface area contributed by atoms with Gasteiger partial charge in [-0.25, -0.2) is 9.98 Å². The summed E-state index contributed by atoms with van der Waals surface area (Å²) in [6.45, 7) is 13.3. The maximum absolute atomic E-state index is 5.39. The van der Waals surface area contributed by atoms with Crippen LogP contribution < -0.4 is 0 Å². The van der Waals surface area contributed by atoms with Crippen molar-refractivity contribution in [1.29, 1.82) is 0 Å². The van der Waals surface area contributed by atoms with E-state index in [2.05, 4.69) is 143 Å². The number of aliphatic imine (C=N–C) groups is 2. The Hall–Kier alpha value is -2.07. The van der Waals surface area contributed by atoms with E-state index in [1.54, 1.807) is 0 Å². The first-order valence-electron chi connectivity index (χ1n) is 12.5. The van der Waals surface area contributed by atoms with E-state index < -0.39 is 0 Å². The van der Waals surface area contributed by atoms with Crippen LogP contribution in [0, 0.1) is 13.8 Å². The maximum atomic E-state index is 5.39. The molecule has 0 unspecified atom stereocenters. The Kier molecular flexibility index (Phi) is 9.21. The monoisotopic (exact) mass is 660 g/mol. The molecule has 5 rings (SSSR count). The van der Waals surface area contributed by atoms with Crippen molar-refractivity contribution in [1.82, 2.24) is 0 Å². The van der Waals surface area contributed by atoms with Crippen molar-refractivity contribution in [2.24, 2.45) is 9.98 Å². The van der Waals surface area contributed by atoms with Gasteiger partial charge in [0.05, 0.1) is 22.8 Å². The molecule has 0 amide bonds. The van der Waals surface area contributed by atoms with Gasteiger partial charge in [-0.05, 0) is 53.3 Å². The summed E-state index contributed by atoms with van der Waals surface area (Å²) >= 11 is 6.00. The summed E-state index contributed by atoms with van der Waals surface area (Å²) in [7, 11) is 1.25. The number of hydrogen-bond donors (Lipinski definition) is 0. The van der Waals surface area contributed by atoms with Gasteiger partial charge in [-0.15, -0.1) is 0 Å². The van der Waals surface area contributed by atoms with Crippen LogP contribution in [0.1, 0.15) is 72.9 Å². The molecule has 194 valence electrons. The van der Waals surface area contributed by atoms with Gasteiger partial charge in [-0.3, -0.25) is 0 Å². The zero-order valence-electron chi connectivity index (χ0n) is 22.0. The predicted molar refractivity (Wildman–Crippen MR) is 165 cm³/mol. The molecule has 1 aliphatic rings. The van der Waals surface area contributed by atoms with Crippen molar-refractivity contribution >= 4 is 62.0 Å². The van der Waals surface area contributed by atoms with E-state index in [0.717, 1.165) is 22.8 Å². The van der Waals surface area contributed by atoms with Crippen LogP contribution in [0.5, 0.6) is 0 Å². The van der Waals surface area contributed by atoms with Crippen molar-refractivity contribution in [3.05, 3.63) is 106 Å². The molecule has 5 heteroatoms. The van der Waals surface area contributed by atoms with Gasteiger partial charge < -0.3 is 0 Å². The number of rotatable bonds is 4. The first-order valence-corrected chi connectivity index (χ1v) is 17.4. The summed E-state index contributed by atoms with van der Waals surface area (Å²) in [5.41, 5.74) is 11.4. The van der Waals surface area contributed by atoms with E-state index in [1.807, 2.05) is 0 Å². The molecule has 0 aliphatic heterocycles. The molecule has 4 aromatic carbocycles. The van der Waals surface area contributed by atoms with Crippen molar-refractivity contribution in [2.45, 2.75) is 53.4 Å². The third-order valence-corrected chi connectivity index (χ3v) is 6.87. The Morgan fingerprint density at radius 3 is 1.35 bits per heavy atom. The van der Waals surface area contributed by atoms with E-state index in [9.17, 15) is 0 Å². The van der Waals surface area contributed by atoms with E-state index in [0.29, 0.717) is 11.8 Å². The van der Waals surface area contributed by atoms with Crippen LogP contribution in [0.25, 0.3) is 10.8 Å². The van der Waals surface area contributed by atoms with Crippen molar-refractivity contribution in [3.63, 3.8) is 0 Å². The van der Waals surface area contributed by atoms with Crippen LogP contribution in [-0.2, 0) is 10.9 Å². The van der Waals surface area contributed by atoms with E-state index in [1.165, 1.54) is 55.1 Å². The quantitative estimate of drug-likeness (QED) is 0.194. The number of nitrogens with zero attached hydrogens (tertiary/aromatic N) is 2. The Labute approximate surface area is 241 Å². The van der Waals surface area contributed by atoms with Crippen LogP contribution in [0.2, 0.25) is 0 Å². The Balaban J connectivity index is 0.00000102. The molecule has 2 nitrogen and oxygen atoms in total. The molecule has 37 heavy (non-hydrogen) atoms. The molecule has 0 spiro atoms. The summed E-state index contributed by atoms with van der Waals surface area (Å²) in [5.74, 6) is 0.784. The average Bonchev–Trinajstić information content (AvgIpc) is 3.16. The normalized spacial score (nSPS) is 14.8. The van der Waals surface area contributed by atoms with Crippen LogP contribution >= 0.6 is 28.5 Å². The third-order valence-electron chi connectivity index (χ3n) is 6.87. The number of halogens is 2. The number of hydrogen-bond acceptors (Lipinski definition) is 2. The molecule has 0 saturated heterocycles. The van der Waals surface area contributed by atoms with Crippen LogP contribution in [0.15, 0.2) is 82.8 Å². The molecule has 0 atom stereocenters. The average molecular weight is 663 g/mol. The van der Waals surface area contributed by atoms with E-state index in [-0.39, 0.29) is 0 Å². The van der Waals surface area contributed by atoms with Crippen molar-refractivity contribution in [2.75, 3.05) is 0 Å². The molecule has 1 aliphatic carbocycles. The standard InChI is InChI=1S/C32H32N2.2BrH.Ni/c1-19(2)24-15-7-11-21(5)29(24)33-31-26-17-9-13-23-14-10-18-27(28(23)26)32(31)34-30-22(6)12-8-16-25(30)20(3)4;;;/h7-20H,1-6H3;2*1H;/q;;;+2/p-2. The zero-order chi connectivity index (χ0) is 26.7. The van der Waals surface area contributed by atoms with Gasteiger partial charge in [0.15, 0.2) is 0 Å². The Morgan fingerprint density at radius 1 is 0.595 bits per heavy atom. The molecule has 0 N–H and O–H groups in total. The van der Waals surface area contributed by atoms with Gasteiger partial charge in [0.2, 0.25) is 0 Å².